The molecular weight excluding hydrogens is 194 g/mol. The van der Waals surface area contributed by atoms with Crippen LogP contribution in [0.5, 0.6) is 0 Å². The summed E-state index contributed by atoms with van der Waals surface area (Å²) >= 11 is 0. The maximum absolute atomic E-state index is 5.93. The first-order chi connectivity index (χ1) is 7.66. The van der Waals surface area contributed by atoms with Crippen LogP contribution in [0.25, 0.3) is 11.1 Å². The standard InChI is InChI=1S/C15H17N/c1-11(2)13-8-14(10-15(16)9-13)12-6-4-3-5-7-12/h3-11H,16H2,1-2H3. The lowest BCUT2D eigenvalue weighted by Crippen LogP contribution is -1.93. The van der Waals surface area contributed by atoms with Crippen LogP contribution in [0.3, 0.4) is 0 Å². The summed E-state index contributed by atoms with van der Waals surface area (Å²) in [5, 5.41) is 0. The fourth-order valence-corrected chi connectivity index (χ4v) is 1.81. The first kappa shape index (κ1) is 10.7. The highest BCUT2D eigenvalue weighted by atomic mass is 14.5. The van der Waals surface area contributed by atoms with Crippen LogP contribution in [0.15, 0.2) is 48.5 Å². The van der Waals surface area contributed by atoms with E-state index in [1.54, 1.807) is 0 Å². The molecule has 0 spiro atoms. The maximum atomic E-state index is 5.93. The molecule has 0 unspecified atom stereocenters. The van der Waals surface area contributed by atoms with Crippen molar-refractivity contribution in [1.29, 1.82) is 0 Å². The summed E-state index contributed by atoms with van der Waals surface area (Å²) < 4.78 is 0. The third-order valence-electron chi connectivity index (χ3n) is 2.75. The zero-order valence-corrected chi connectivity index (χ0v) is 9.77. The first-order valence-electron chi connectivity index (χ1n) is 5.62. The Bertz CT molecular complexity index is 472. The highest BCUT2D eigenvalue weighted by Crippen LogP contribution is 2.26. The van der Waals surface area contributed by atoms with Crippen molar-refractivity contribution in [2.45, 2.75) is 19.8 Å². The number of anilines is 1. The van der Waals surface area contributed by atoms with Gasteiger partial charge in [-0.05, 0) is 34.7 Å². The Morgan fingerprint density at radius 2 is 1.56 bits per heavy atom. The number of nitrogen functional groups attached to an aromatic ring is 1. The summed E-state index contributed by atoms with van der Waals surface area (Å²) in [6.45, 7) is 4.37. The van der Waals surface area contributed by atoms with E-state index in [9.17, 15) is 0 Å². The second-order valence-corrected chi connectivity index (χ2v) is 4.41. The third kappa shape index (κ3) is 2.25. The van der Waals surface area contributed by atoms with Gasteiger partial charge < -0.3 is 5.73 Å². The molecule has 0 bridgehead atoms. The molecular formula is C15H17N. The van der Waals surface area contributed by atoms with Crippen molar-refractivity contribution in [3.63, 3.8) is 0 Å². The normalized spacial score (nSPS) is 10.7. The van der Waals surface area contributed by atoms with E-state index in [-0.39, 0.29) is 0 Å². The van der Waals surface area contributed by atoms with Crippen LogP contribution >= 0.6 is 0 Å². The van der Waals surface area contributed by atoms with Gasteiger partial charge in [0.1, 0.15) is 0 Å². The van der Waals surface area contributed by atoms with Gasteiger partial charge >= 0.3 is 0 Å². The minimum atomic E-state index is 0.506. The highest BCUT2D eigenvalue weighted by molar-refractivity contribution is 5.68. The van der Waals surface area contributed by atoms with Crippen LogP contribution in [0.1, 0.15) is 25.3 Å². The monoisotopic (exact) mass is 211 g/mol. The van der Waals surface area contributed by atoms with Crippen molar-refractivity contribution in [1.82, 2.24) is 0 Å². The average molecular weight is 211 g/mol. The number of hydrogen-bond acceptors (Lipinski definition) is 1. The summed E-state index contributed by atoms with van der Waals surface area (Å²) in [7, 11) is 0. The Balaban J connectivity index is 2.50. The average Bonchev–Trinajstić information content (AvgIpc) is 2.29. The lowest BCUT2D eigenvalue weighted by atomic mass is 9.96. The van der Waals surface area contributed by atoms with Gasteiger partial charge in [-0.1, -0.05) is 50.2 Å². The van der Waals surface area contributed by atoms with Crippen molar-refractivity contribution < 1.29 is 0 Å². The molecule has 2 rings (SSSR count). The van der Waals surface area contributed by atoms with E-state index in [1.807, 2.05) is 24.3 Å². The summed E-state index contributed by atoms with van der Waals surface area (Å²) in [5.74, 6) is 0.506. The molecule has 0 saturated carbocycles. The number of hydrogen-bond donors (Lipinski definition) is 1. The fourth-order valence-electron chi connectivity index (χ4n) is 1.81. The van der Waals surface area contributed by atoms with E-state index in [4.69, 9.17) is 5.73 Å². The van der Waals surface area contributed by atoms with Crippen LogP contribution in [-0.4, -0.2) is 0 Å². The van der Waals surface area contributed by atoms with Gasteiger partial charge in [0.25, 0.3) is 0 Å². The molecule has 0 fully saturated rings. The summed E-state index contributed by atoms with van der Waals surface area (Å²) in [4.78, 5) is 0. The number of nitrogens with two attached hydrogens (primary N) is 1. The minimum absolute atomic E-state index is 0.506. The molecule has 2 aromatic carbocycles. The highest BCUT2D eigenvalue weighted by Gasteiger charge is 2.04. The molecule has 0 aliphatic heterocycles. The zero-order chi connectivity index (χ0) is 11.5. The van der Waals surface area contributed by atoms with Gasteiger partial charge in [0.05, 0.1) is 0 Å². The van der Waals surface area contributed by atoms with Gasteiger partial charge in [-0.3, -0.25) is 0 Å². The van der Waals surface area contributed by atoms with Gasteiger partial charge in [-0.25, -0.2) is 0 Å². The van der Waals surface area contributed by atoms with Crippen molar-refractivity contribution in [3.05, 3.63) is 54.1 Å². The van der Waals surface area contributed by atoms with Crippen molar-refractivity contribution in [3.8, 4) is 11.1 Å². The Kier molecular flexibility index (Phi) is 2.95. The summed E-state index contributed by atoms with van der Waals surface area (Å²) in [6.07, 6.45) is 0. The Morgan fingerprint density at radius 1 is 0.875 bits per heavy atom. The molecule has 16 heavy (non-hydrogen) atoms. The minimum Gasteiger partial charge on any atom is -0.399 e. The van der Waals surface area contributed by atoms with Crippen LogP contribution in [-0.2, 0) is 0 Å². The van der Waals surface area contributed by atoms with E-state index < -0.39 is 0 Å². The van der Waals surface area contributed by atoms with Crippen LogP contribution in [0.4, 0.5) is 5.69 Å². The molecule has 0 aromatic heterocycles. The van der Waals surface area contributed by atoms with Crippen LogP contribution in [0.2, 0.25) is 0 Å². The largest absolute Gasteiger partial charge is 0.399 e. The van der Waals surface area contributed by atoms with Crippen LogP contribution < -0.4 is 5.73 Å². The first-order valence-corrected chi connectivity index (χ1v) is 5.62. The second-order valence-electron chi connectivity index (χ2n) is 4.41. The third-order valence-corrected chi connectivity index (χ3v) is 2.75. The predicted molar refractivity (Wildman–Crippen MR) is 70.4 cm³/mol. The lowest BCUT2D eigenvalue weighted by molar-refractivity contribution is 0.868. The quantitative estimate of drug-likeness (QED) is 0.745. The molecule has 2 aromatic rings. The second kappa shape index (κ2) is 4.40. The molecule has 0 aliphatic rings. The Morgan fingerprint density at radius 3 is 2.19 bits per heavy atom. The van der Waals surface area contributed by atoms with Gasteiger partial charge in [0, 0.05) is 5.69 Å². The summed E-state index contributed by atoms with van der Waals surface area (Å²) in [5.41, 5.74) is 10.5. The number of rotatable bonds is 2. The number of benzene rings is 2. The molecule has 0 amide bonds. The molecule has 82 valence electrons. The van der Waals surface area contributed by atoms with Gasteiger partial charge in [-0.2, -0.15) is 0 Å². The van der Waals surface area contributed by atoms with Crippen LogP contribution in [0, 0.1) is 0 Å². The Labute approximate surface area is 96.9 Å². The molecule has 0 saturated heterocycles. The van der Waals surface area contributed by atoms with Gasteiger partial charge in [0.15, 0.2) is 0 Å². The molecule has 1 heteroatoms. The SMILES string of the molecule is CC(C)c1cc(N)cc(-c2ccccc2)c1. The molecule has 2 N–H and O–H groups in total. The maximum Gasteiger partial charge on any atom is 0.0323 e. The van der Waals surface area contributed by atoms with Crippen molar-refractivity contribution >= 4 is 5.69 Å². The topological polar surface area (TPSA) is 26.0 Å². The zero-order valence-electron chi connectivity index (χ0n) is 9.77. The molecule has 0 heterocycles. The molecule has 0 atom stereocenters. The Hall–Kier alpha value is -1.76. The molecule has 0 aliphatic carbocycles. The smallest absolute Gasteiger partial charge is 0.0323 e. The van der Waals surface area contributed by atoms with Gasteiger partial charge in [0.2, 0.25) is 0 Å². The van der Waals surface area contributed by atoms with Crippen molar-refractivity contribution in [2.24, 2.45) is 0 Å². The fraction of sp³-hybridized carbons (Fsp3) is 0.200. The lowest BCUT2D eigenvalue weighted by Gasteiger charge is -2.10. The predicted octanol–water partition coefficient (Wildman–Crippen LogP) is 4.06. The van der Waals surface area contributed by atoms with E-state index in [2.05, 4.69) is 38.1 Å². The van der Waals surface area contributed by atoms with E-state index in [0.29, 0.717) is 5.92 Å². The summed E-state index contributed by atoms with van der Waals surface area (Å²) in [6, 6.07) is 16.6. The van der Waals surface area contributed by atoms with Gasteiger partial charge in [-0.15, -0.1) is 0 Å². The van der Waals surface area contributed by atoms with Crippen molar-refractivity contribution in [2.75, 3.05) is 5.73 Å². The van der Waals surface area contributed by atoms with E-state index >= 15 is 0 Å². The molecule has 0 radical (unpaired) electrons. The van der Waals surface area contributed by atoms with E-state index in [0.717, 1.165) is 5.69 Å². The van der Waals surface area contributed by atoms with E-state index in [1.165, 1.54) is 16.7 Å². The molecule has 1 nitrogen and oxygen atoms in total.